The third-order valence-electron chi connectivity index (χ3n) is 5.50. The number of rotatable bonds is 5. The lowest BCUT2D eigenvalue weighted by Gasteiger charge is -2.10. The zero-order valence-corrected chi connectivity index (χ0v) is 17.6. The van der Waals surface area contributed by atoms with Gasteiger partial charge in [-0.15, -0.1) is 0 Å². The maximum Gasteiger partial charge on any atom is 0.119 e. The summed E-state index contributed by atoms with van der Waals surface area (Å²) in [6.45, 7) is 5.36. The van der Waals surface area contributed by atoms with Crippen molar-refractivity contribution in [3.05, 3.63) is 77.3 Å². The van der Waals surface area contributed by atoms with E-state index in [9.17, 15) is 0 Å². The van der Waals surface area contributed by atoms with Crippen molar-refractivity contribution >= 4 is 33.4 Å². The highest BCUT2D eigenvalue weighted by Crippen LogP contribution is 2.39. The molecular weight excluding hydrogens is 396 g/mol. The van der Waals surface area contributed by atoms with E-state index in [0.29, 0.717) is 13.2 Å². The third kappa shape index (κ3) is 3.21. The number of aromatic amines is 1. The molecule has 5 nitrogen and oxygen atoms in total. The fraction of sp³-hybridized carbons (Fsp3) is 0.167. The normalized spacial score (nSPS) is 11.4. The van der Waals surface area contributed by atoms with E-state index in [0.717, 1.165) is 55.0 Å². The Hall–Kier alpha value is -3.31. The van der Waals surface area contributed by atoms with Gasteiger partial charge >= 0.3 is 0 Å². The van der Waals surface area contributed by atoms with Gasteiger partial charge in [-0.1, -0.05) is 23.7 Å². The Morgan fingerprint density at radius 3 is 2.67 bits per heavy atom. The summed E-state index contributed by atoms with van der Waals surface area (Å²) < 4.78 is 7.71. The summed E-state index contributed by atoms with van der Waals surface area (Å²) in [5.41, 5.74) is 6.34. The van der Waals surface area contributed by atoms with Gasteiger partial charge in [-0.2, -0.15) is 5.10 Å². The monoisotopic (exact) mass is 416 g/mol. The molecule has 0 saturated carbocycles. The topological polar surface area (TPSA) is 55.7 Å². The molecule has 3 heterocycles. The first-order chi connectivity index (χ1) is 14.6. The van der Waals surface area contributed by atoms with Crippen LogP contribution in [0.3, 0.4) is 0 Å². The lowest BCUT2D eigenvalue weighted by atomic mass is 9.99. The molecular formula is C24H21ClN4O. The number of fused-ring (bicyclic) bond motifs is 3. The molecule has 150 valence electrons. The number of hydrogen-bond donors (Lipinski definition) is 1. The van der Waals surface area contributed by atoms with Crippen molar-refractivity contribution in [1.29, 1.82) is 0 Å². The Morgan fingerprint density at radius 1 is 1.07 bits per heavy atom. The number of ether oxygens (including phenoxy) is 1. The van der Waals surface area contributed by atoms with Crippen LogP contribution in [0.4, 0.5) is 0 Å². The van der Waals surface area contributed by atoms with Crippen LogP contribution in [0.1, 0.15) is 11.3 Å². The van der Waals surface area contributed by atoms with Crippen molar-refractivity contribution in [2.75, 3.05) is 6.61 Å². The van der Waals surface area contributed by atoms with Crippen molar-refractivity contribution in [3.63, 3.8) is 0 Å². The fourth-order valence-corrected chi connectivity index (χ4v) is 4.12. The number of aryl methyl sites for hydroxylation is 2. The van der Waals surface area contributed by atoms with Gasteiger partial charge in [0.15, 0.2) is 0 Å². The first-order valence-corrected chi connectivity index (χ1v) is 10.3. The molecule has 0 bridgehead atoms. The molecule has 0 atom stereocenters. The van der Waals surface area contributed by atoms with E-state index in [1.54, 1.807) is 6.20 Å². The summed E-state index contributed by atoms with van der Waals surface area (Å²) in [7, 11) is 0. The predicted molar refractivity (Wildman–Crippen MR) is 121 cm³/mol. The second-order valence-electron chi connectivity index (χ2n) is 7.37. The van der Waals surface area contributed by atoms with Crippen LogP contribution < -0.4 is 4.74 Å². The zero-order chi connectivity index (χ0) is 20.7. The molecule has 0 saturated heterocycles. The Bertz CT molecular complexity index is 1340. The molecule has 5 aromatic rings. The summed E-state index contributed by atoms with van der Waals surface area (Å²) >= 11 is 6.63. The Morgan fingerprint density at radius 2 is 1.90 bits per heavy atom. The van der Waals surface area contributed by atoms with Crippen LogP contribution in [0.5, 0.6) is 5.75 Å². The Balaban J connectivity index is 1.50. The minimum absolute atomic E-state index is 0.565. The van der Waals surface area contributed by atoms with Crippen LogP contribution in [0, 0.1) is 13.8 Å². The minimum atomic E-state index is 0.565. The molecule has 1 N–H and O–H groups in total. The molecule has 30 heavy (non-hydrogen) atoms. The highest BCUT2D eigenvalue weighted by Gasteiger charge is 2.16. The fourth-order valence-electron chi connectivity index (χ4n) is 3.92. The van der Waals surface area contributed by atoms with Gasteiger partial charge in [0.25, 0.3) is 0 Å². The van der Waals surface area contributed by atoms with Crippen molar-refractivity contribution in [2.24, 2.45) is 0 Å². The average molecular weight is 417 g/mol. The average Bonchev–Trinajstić information content (AvgIpc) is 3.40. The molecule has 0 radical (unpaired) electrons. The summed E-state index contributed by atoms with van der Waals surface area (Å²) in [6.07, 6.45) is 5.54. The number of nitrogens with zero attached hydrogens (tertiary/aromatic N) is 3. The number of hydrogen-bond acceptors (Lipinski definition) is 3. The van der Waals surface area contributed by atoms with Gasteiger partial charge in [0.1, 0.15) is 12.4 Å². The number of nitrogens with one attached hydrogen (secondary N) is 1. The first kappa shape index (κ1) is 18.7. The van der Waals surface area contributed by atoms with Crippen LogP contribution in [0.2, 0.25) is 5.02 Å². The molecule has 0 fully saturated rings. The van der Waals surface area contributed by atoms with Crippen LogP contribution >= 0.6 is 11.6 Å². The van der Waals surface area contributed by atoms with Crippen LogP contribution in [-0.2, 0) is 6.54 Å². The van der Waals surface area contributed by atoms with E-state index < -0.39 is 0 Å². The SMILES string of the molecule is Cc1nccc2c1[nH]c1c(-c3ccc(OCCn4cccn4)cc3)cc(Cl)c(C)c12. The quantitative estimate of drug-likeness (QED) is 0.386. The lowest BCUT2D eigenvalue weighted by molar-refractivity contribution is 0.291. The summed E-state index contributed by atoms with van der Waals surface area (Å²) in [5, 5.41) is 7.24. The van der Waals surface area contributed by atoms with Gasteiger partial charge in [-0.05, 0) is 55.3 Å². The Kier molecular flexibility index (Phi) is 4.68. The highest BCUT2D eigenvalue weighted by atomic mass is 35.5. The van der Waals surface area contributed by atoms with E-state index in [1.807, 2.05) is 54.3 Å². The minimum Gasteiger partial charge on any atom is -0.492 e. The van der Waals surface area contributed by atoms with Crippen LogP contribution in [-0.4, -0.2) is 26.4 Å². The lowest BCUT2D eigenvalue weighted by Crippen LogP contribution is -2.08. The second kappa shape index (κ2) is 7.50. The second-order valence-corrected chi connectivity index (χ2v) is 7.77. The van der Waals surface area contributed by atoms with Crippen LogP contribution in [0.15, 0.2) is 61.1 Å². The summed E-state index contributed by atoms with van der Waals surface area (Å²) in [4.78, 5) is 8.01. The van der Waals surface area contributed by atoms with E-state index in [2.05, 4.69) is 34.1 Å². The number of pyridine rings is 1. The maximum atomic E-state index is 6.63. The molecule has 2 aromatic carbocycles. The van der Waals surface area contributed by atoms with Gasteiger partial charge in [-0.3, -0.25) is 9.67 Å². The van der Waals surface area contributed by atoms with Gasteiger partial charge in [0, 0.05) is 39.9 Å². The van der Waals surface area contributed by atoms with E-state index in [4.69, 9.17) is 16.3 Å². The number of aromatic nitrogens is 4. The largest absolute Gasteiger partial charge is 0.492 e. The number of benzene rings is 2. The zero-order valence-electron chi connectivity index (χ0n) is 16.8. The van der Waals surface area contributed by atoms with E-state index in [1.165, 1.54) is 0 Å². The molecule has 0 aliphatic rings. The van der Waals surface area contributed by atoms with Crippen molar-refractivity contribution in [3.8, 4) is 16.9 Å². The first-order valence-electron chi connectivity index (χ1n) is 9.88. The van der Waals surface area contributed by atoms with Gasteiger partial charge < -0.3 is 9.72 Å². The van der Waals surface area contributed by atoms with Crippen molar-refractivity contribution in [2.45, 2.75) is 20.4 Å². The van der Waals surface area contributed by atoms with Gasteiger partial charge in [0.05, 0.1) is 23.3 Å². The predicted octanol–water partition coefficient (Wildman–Crippen LogP) is 5.93. The smallest absolute Gasteiger partial charge is 0.119 e. The van der Waals surface area contributed by atoms with Crippen LogP contribution in [0.25, 0.3) is 32.9 Å². The Labute approximate surface area is 179 Å². The van der Waals surface area contributed by atoms with Crippen molar-refractivity contribution in [1.82, 2.24) is 19.7 Å². The standard InChI is InChI=1S/C24H21ClN4O/c1-15-21(25)14-20(24-22(15)19-8-10-26-16(2)23(19)28-24)17-4-6-18(7-5-17)30-13-12-29-11-3-9-27-29/h3-11,14,28H,12-13H2,1-2H3. The molecule has 0 spiro atoms. The summed E-state index contributed by atoms with van der Waals surface area (Å²) in [5.74, 6) is 0.831. The van der Waals surface area contributed by atoms with Crippen molar-refractivity contribution < 1.29 is 4.74 Å². The molecule has 6 heteroatoms. The number of H-pyrrole nitrogens is 1. The molecule has 0 aliphatic carbocycles. The molecule has 5 rings (SSSR count). The summed E-state index contributed by atoms with van der Waals surface area (Å²) in [6, 6.07) is 14.1. The molecule has 0 aliphatic heterocycles. The molecule has 0 unspecified atom stereocenters. The maximum absolute atomic E-state index is 6.63. The molecule has 3 aromatic heterocycles. The van der Waals surface area contributed by atoms with Gasteiger partial charge in [-0.25, -0.2) is 0 Å². The highest BCUT2D eigenvalue weighted by molar-refractivity contribution is 6.34. The van der Waals surface area contributed by atoms with Gasteiger partial charge in [0.2, 0.25) is 0 Å². The van der Waals surface area contributed by atoms with E-state index >= 15 is 0 Å². The molecule has 0 amide bonds. The third-order valence-corrected chi connectivity index (χ3v) is 5.89. The number of halogens is 1. The van der Waals surface area contributed by atoms with E-state index in [-0.39, 0.29) is 0 Å².